The molecule has 1 aliphatic carbocycles. The van der Waals surface area contributed by atoms with Gasteiger partial charge in [-0.2, -0.15) is 0 Å². The minimum atomic E-state index is -0.463. The van der Waals surface area contributed by atoms with Crippen molar-refractivity contribution in [1.82, 2.24) is 9.80 Å². The summed E-state index contributed by atoms with van der Waals surface area (Å²) in [5.41, 5.74) is 1.05. The summed E-state index contributed by atoms with van der Waals surface area (Å²) in [6.45, 7) is 16.9. The third kappa shape index (κ3) is 36.3. The van der Waals surface area contributed by atoms with E-state index in [0.29, 0.717) is 32.1 Å². The van der Waals surface area contributed by atoms with E-state index in [9.17, 15) is 14.4 Å². The van der Waals surface area contributed by atoms with Crippen LogP contribution in [0.15, 0.2) is 11.6 Å². The molecule has 0 aromatic heterocycles. The lowest BCUT2D eigenvalue weighted by atomic mass is 9.87. The first-order valence-corrected chi connectivity index (χ1v) is 33.1. The molecule has 9 nitrogen and oxygen atoms in total. The summed E-state index contributed by atoms with van der Waals surface area (Å²) in [6.07, 6.45) is 51.0. The first-order chi connectivity index (χ1) is 36.9. The molecular formula is C67H126N2O7. The van der Waals surface area contributed by atoms with Gasteiger partial charge in [-0.15, -0.1) is 0 Å². The lowest BCUT2D eigenvalue weighted by Crippen LogP contribution is -2.34. The van der Waals surface area contributed by atoms with Crippen LogP contribution in [0.1, 0.15) is 318 Å². The molecule has 0 radical (unpaired) electrons. The van der Waals surface area contributed by atoms with Gasteiger partial charge >= 0.3 is 17.9 Å². The highest BCUT2D eigenvalue weighted by molar-refractivity contribution is 5.75. The maximum Gasteiger partial charge on any atom is 0.311 e. The van der Waals surface area contributed by atoms with Crippen molar-refractivity contribution >= 4 is 17.9 Å². The van der Waals surface area contributed by atoms with Gasteiger partial charge in [-0.05, 0) is 143 Å². The SMILES string of the molecule is CCCCCCCCC(CCCCCCCC)OC(=O)CCCCCCCOCC1C[C@H](OC(=O)CCCC2=CCCC(N(C)C)CC2)CN1CCCCCCC(C)(C)C(=O)OCCCC(CCCCC)CCCCC. The molecule has 2 unspecified atom stereocenters. The van der Waals surface area contributed by atoms with Crippen molar-refractivity contribution in [2.75, 3.05) is 47.0 Å². The van der Waals surface area contributed by atoms with Gasteiger partial charge in [-0.25, -0.2) is 0 Å². The minimum absolute atomic E-state index is 0.00211. The minimum Gasteiger partial charge on any atom is -0.465 e. The van der Waals surface area contributed by atoms with E-state index in [1.165, 1.54) is 153 Å². The number of hydrogen-bond donors (Lipinski definition) is 0. The van der Waals surface area contributed by atoms with Crippen molar-refractivity contribution in [2.45, 2.75) is 342 Å². The van der Waals surface area contributed by atoms with Crippen LogP contribution in [0.5, 0.6) is 0 Å². The predicted molar refractivity (Wildman–Crippen MR) is 321 cm³/mol. The Hall–Kier alpha value is -1.97. The molecule has 2 rings (SSSR count). The summed E-state index contributed by atoms with van der Waals surface area (Å²) in [4.78, 5) is 44.2. The second-order valence-electron chi connectivity index (χ2n) is 24.9. The Labute approximate surface area is 471 Å². The molecule has 0 saturated carbocycles. The highest BCUT2D eigenvalue weighted by Crippen LogP contribution is 2.29. The van der Waals surface area contributed by atoms with Crippen molar-refractivity contribution in [3.8, 4) is 0 Å². The lowest BCUT2D eigenvalue weighted by Gasteiger charge is -2.24. The standard InChI is InChI=1S/C67H126N2O7/c1-9-13-17-19-22-30-45-62(46-31-23-20-18-14-10-2)75-64(70)47-32-24-21-27-35-53-73-57-61-55-63(76-65(71)48-37-42-59-41-36-44-60(50-49-59)68(7)8)56-69(61)52-34-26-25-33-51-67(5,6)66(72)74-54-38-43-58(39-28-15-11-3)40-29-16-12-4/h41,58,60-63H,9-40,42-57H2,1-8H3/t60?,61?,63-/m0/s1. The average molecular weight is 1070 g/mol. The molecule has 1 heterocycles. The fourth-order valence-electron chi connectivity index (χ4n) is 11.9. The Balaban J connectivity index is 1.77. The normalized spacial score (nSPS) is 17.5. The van der Waals surface area contributed by atoms with E-state index in [2.05, 4.69) is 71.5 Å². The summed E-state index contributed by atoms with van der Waals surface area (Å²) in [5, 5.41) is 0. The van der Waals surface area contributed by atoms with Crippen molar-refractivity contribution in [1.29, 1.82) is 0 Å². The van der Waals surface area contributed by atoms with Gasteiger partial charge in [0.25, 0.3) is 0 Å². The lowest BCUT2D eigenvalue weighted by molar-refractivity contribution is -0.154. The van der Waals surface area contributed by atoms with Crippen LogP contribution in [-0.2, 0) is 33.3 Å². The molecule has 0 N–H and O–H groups in total. The van der Waals surface area contributed by atoms with Crippen molar-refractivity contribution < 1.29 is 33.3 Å². The zero-order valence-electron chi connectivity index (χ0n) is 51.7. The molecular weight excluding hydrogens is 945 g/mol. The second kappa shape index (κ2) is 46.7. The number of hydrogen-bond acceptors (Lipinski definition) is 9. The first kappa shape index (κ1) is 70.1. The van der Waals surface area contributed by atoms with E-state index in [4.69, 9.17) is 18.9 Å². The molecule has 1 fully saturated rings. The topological polar surface area (TPSA) is 94.6 Å². The maximum absolute atomic E-state index is 13.2. The molecule has 1 aliphatic heterocycles. The number of esters is 3. The monoisotopic (exact) mass is 1070 g/mol. The van der Waals surface area contributed by atoms with Gasteiger partial charge in [0.2, 0.25) is 0 Å². The Morgan fingerprint density at radius 1 is 0.618 bits per heavy atom. The van der Waals surface area contributed by atoms with Crippen molar-refractivity contribution in [2.24, 2.45) is 11.3 Å². The molecule has 0 amide bonds. The number of nitrogens with zero attached hydrogens (tertiary/aromatic N) is 2. The molecule has 0 bridgehead atoms. The molecule has 1 saturated heterocycles. The van der Waals surface area contributed by atoms with Crippen LogP contribution >= 0.6 is 0 Å². The first-order valence-electron chi connectivity index (χ1n) is 33.1. The van der Waals surface area contributed by atoms with Gasteiger partial charge in [0.05, 0.1) is 18.6 Å². The Kier molecular flexibility index (Phi) is 43.1. The highest BCUT2D eigenvalue weighted by Gasteiger charge is 2.34. The summed E-state index contributed by atoms with van der Waals surface area (Å²) in [6, 6.07) is 0.889. The summed E-state index contributed by atoms with van der Waals surface area (Å²) >= 11 is 0. The van der Waals surface area contributed by atoms with Crippen molar-refractivity contribution in [3.05, 3.63) is 11.6 Å². The number of unbranched alkanes of at least 4 members (excludes halogenated alkanes) is 21. The molecule has 76 heavy (non-hydrogen) atoms. The molecule has 0 aromatic carbocycles. The smallest absolute Gasteiger partial charge is 0.311 e. The fraction of sp³-hybridized carbons (Fsp3) is 0.925. The third-order valence-corrected chi connectivity index (χ3v) is 17.1. The van der Waals surface area contributed by atoms with Crippen LogP contribution in [-0.4, -0.2) is 99.0 Å². The van der Waals surface area contributed by atoms with Gasteiger partial charge in [0.1, 0.15) is 12.2 Å². The summed E-state index contributed by atoms with van der Waals surface area (Å²) in [7, 11) is 4.37. The van der Waals surface area contributed by atoms with E-state index in [0.717, 1.165) is 141 Å². The molecule has 0 spiro atoms. The number of carbonyl (C=O) groups excluding carboxylic acids is 3. The van der Waals surface area contributed by atoms with Gasteiger partial charge < -0.3 is 23.8 Å². The number of allylic oxidation sites excluding steroid dienone is 2. The van der Waals surface area contributed by atoms with E-state index in [1.54, 1.807) is 0 Å². The third-order valence-electron chi connectivity index (χ3n) is 17.1. The molecule has 0 aromatic rings. The predicted octanol–water partition coefficient (Wildman–Crippen LogP) is 18.4. The van der Waals surface area contributed by atoms with Crippen LogP contribution < -0.4 is 0 Å². The number of ether oxygens (including phenoxy) is 4. The zero-order chi connectivity index (χ0) is 55.3. The van der Waals surface area contributed by atoms with Gasteiger partial charge in [0, 0.05) is 44.5 Å². The Bertz CT molecular complexity index is 1410. The molecule has 9 heteroatoms. The second-order valence-corrected chi connectivity index (χ2v) is 24.9. The van der Waals surface area contributed by atoms with Crippen LogP contribution in [0.25, 0.3) is 0 Å². The number of likely N-dealkylation sites (tertiary alicyclic amines) is 1. The van der Waals surface area contributed by atoms with Gasteiger partial charge in [-0.1, -0.05) is 193 Å². The quantitative estimate of drug-likeness (QED) is 0.0255. The summed E-state index contributed by atoms with van der Waals surface area (Å²) in [5.74, 6) is 0.669. The van der Waals surface area contributed by atoms with Gasteiger partial charge in [-0.3, -0.25) is 19.3 Å². The Morgan fingerprint density at radius 3 is 1.83 bits per heavy atom. The van der Waals surface area contributed by atoms with Crippen molar-refractivity contribution in [3.63, 3.8) is 0 Å². The highest BCUT2D eigenvalue weighted by atomic mass is 16.6. The van der Waals surface area contributed by atoms with E-state index >= 15 is 0 Å². The molecule has 3 atom stereocenters. The largest absolute Gasteiger partial charge is 0.465 e. The maximum atomic E-state index is 13.2. The number of carbonyl (C=O) groups is 3. The average Bonchev–Trinajstić information content (AvgIpc) is 3.60. The molecule has 2 aliphatic rings. The summed E-state index contributed by atoms with van der Waals surface area (Å²) < 4.78 is 24.5. The molecule has 446 valence electrons. The van der Waals surface area contributed by atoms with E-state index in [1.807, 2.05) is 0 Å². The van der Waals surface area contributed by atoms with Crippen LogP contribution in [0.2, 0.25) is 0 Å². The van der Waals surface area contributed by atoms with Gasteiger partial charge in [0.15, 0.2) is 0 Å². The Morgan fingerprint density at radius 2 is 1.17 bits per heavy atom. The number of rotatable bonds is 51. The van der Waals surface area contributed by atoms with Crippen LogP contribution in [0.3, 0.4) is 0 Å². The fourth-order valence-corrected chi connectivity index (χ4v) is 11.9. The van der Waals surface area contributed by atoms with E-state index in [-0.39, 0.29) is 36.2 Å². The zero-order valence-corrected chi connectivity index (χ0v) is 51.7. The van der Waals surface area contributed by atoms with Crippen LogP contribution in [0, 0.1) is 11.3 Å². The van der Waals surface area contributed by atoms with Crippen LogP contribution in [0.4, 0.5) is 0 Å². The van der Waals surface area contributed by atoms with E-state index < -0.39 is 5.41 Å².